The van der Waals surface area contributed by atoms with E-state index in [1.165, 1.54) is 13.0 Å². The molecule has 0 bridgehead atoms. The lowest BCUT2D eigenvalue weighted by Crippen LogP contribution is -2.40. The number of carbonyl (C=O) groups excluding carboxylic acids is 1. The molecule has 2 heterocycles. The SMILES string of the molecule is CN1CCCN(CC2CCC(C(=O)NN)O2)CC1. The van der Waals surface area contributed by atoms with E-state index < -0.39 is 0 Å². The van der Waals surface area contributed by atoms with Gasteiger partial charge in [0.05, 0.1) is 6.10 Å². The molecule has 0 aromatic carbocycles. The summed E-state index contributed by atoms with van der Waals surface area (Å²) in [6.45, 7) is 5.42. The van der Waals surface area contributed by atoms with Crippen LogP contribution in [0.5, 0.6) is 0 Å². The number of likely N-dealkylation sites (N-methyl/N-ethyl adjacent to an activating group) is 1. The van der Waals surface area contributed by atoms with Crippen LogP contribution in [0, 0.1) is 0 Å². The lowest BCUT2D eigenvalue weighted by molar-refractivity contribution is -0.132. The van der Waals surface area contributed by atoms with Crippen LogP contribution in [0.3, 0.4) is 0 Å². The summed E-state index contributed by atoms with van der Waals surface area (Å²) in [5.41, 5.74) is 2.16. The van der Waals surface area contributed by atoms with E-state index in [2.05, 4.69) is 22.3 Å². The summed E-state index contributed by atoms with van der Waals surface area (Å²) in [5, 5.41) is 0. The number of amides is 1. The molecule has 2 aliphatic heterocycles. The molecule has 6 nitrogen and oxygen atoms in total. The summed E-state index contributed by atoms with van der Waals surface area (Å²) in [6.07, 6.45) is 2.76. The maximum atomic E-state index is 11.4. The Bertz CT molecular complexity index is 287. The van der Waals surface area contributed by atoms with E-state index in [9.17, 15) is 4.79 Å². The molecule has 104 valence electrons. The normalized spacial score (nSPS) is 31.2. The Balaban J connectivity index is 1.75. The number of hydrazine groups is 1. The first-order chi connectivity index (χ1) is 8.69. The minimum Gasteiger partial charge on any atom is -0.364 e. The Kier molecular flexibility index (Phi) is 4.94. The molecular weight excluding hydrogens is 232 g/mol. The maximum absolute atomic E-state index is 11.4. The average Bonchev–Trinajstić information content (AvgIpc) is 2.73. The van der Waals surface area contributed by atoms with Gasteiger partial charge in [-0.3, -0.25) is 15.1 Å². The summed E-state index contributed by atoms with van der Waals surface area (Å²) >= 11 is 0. The second kappa shape index (κ2) is 6.47. The molecule has 0 aliphatic carbocycles. The second-order valence-electron chi connectivity index (χ2n) is 5.29. The first kappa shape index (κ1) is 13.7. The van der Waals surface area contributed by atoms with Gasteiger partial charge in [-0.05, 0) is 39.4 Å². The van der Waals surface area contributed by atoms with Gasteiger partial charge in [0, 0.05) is 19.6 Å². The number of nitrogens with one attached hydrogen (secondary N) is 1. The Labute approximate surface area is 108 Å². The van der Waals surface area contributed by atoms with Crippen LogP contribution in [0.15, 0.2) is 0 Å². The highest BCUT2D eigenvalue weighted by atomic mass is 16.5. The van der Waals surface area contributed by atoms with Crippen molar-refractivity contribution in [1.82, 2.24) is 15.2 Å². The molecular formula is C12H24N4O2. The predicted molar refractivity (Wildman–Crippen MR) is 68.8 cm³/mol. The molecule has 0 aromatic heterocycles. The number of rotatable bonds is 3. The number of hydrogen-bond acceptors (Lipinski definition) is 5. The van der Waals surface area contributed by atoms with Crippen molar-refractivity contribution >= 4 is 5.91 Å². The van der Waals surface area contributed by atoms with E-state index in [0.717, 1.165) is 39.0 Å². The Morgan fingerprint density at radius 2 is 2.17 bits per heavy atom. The van der Waals surface area contributed by atoms with Gasteiger partial charge in [-0.15, -0.1) is 0 Å². The Hall–Kier alpha value is -0.690. The number of carbonyl (C=O) groups is 1. The second-order valence-corrected chi connectivity index (χ2v) is 5.29. The third-order valence-electron chi connectivity index (χ3n) is 3.82. The molecule has 0 spiro atoms. The third-order valence-corrected chi connectivity index (χ3v) is 3.82. The van der Waals surface area contributed by atoms with Crippen LogP contribution in [-0.2, 0) is 9.53 Å². The lowest BCUT2D eigenvalue weighted by Gasteiger charge is -2.23. The summed E-state index contributed by atoms with van der Waals surface area (Å²) in [6, 6.07) is 0. The Morgan fingerprint density at radius 3 is 2.94 bits per heavy atom. The maximum Gasteiger partial charge on any atom is 0.263 e. The quantitative estimate of drug-likeness (QED) is 0.391. The fourth-order valence-electron chi connectivity index (χ4n) is 2.70. The molecule has 2 fully saturated rings. The molecule has 3 N–H and O–H groups in total. The summed E-state index contributed by atoms with van der Waals surface area (Å²) in [7, 11) is 2.16. The zero-order valence-corrected chi connectivity index (χ0v) is 11.1. The van der Waals surface area contributed by atoms with Crippen LogP contribution >= 0.6 is 0 Å². The van der Waals surface area contributed by atoms with Crippen molar-refractivity contribution in [2.24, 2.45) is 5.84 Å². The molecule has 2 unspecified atom stereocenters. The third kappa shape index (κ3) is 3.65. The van der Waals surface area contributed by atoms with Gasteiger partial charge in [0.25, 0.3) is 5.91 Å². The average molecular weight is 256 g/mol. The number of ether oxygens (including phenoxy) is 1. The van der Waals surface area contributed by atoms with Gasteiger partial charge in [-0.2, -0.15) is 0 Å². The first-order valence-corrected chi connectivity index (χ1v) is 6.76. The van der Waals surface area contributed by atoms with Crippen molar-refractivity contribution in [2.75, 3.05) is 39.8 Å². The van der Waals surface area contributed by atoms with Gasteiger partial charge >= 0.3 is 0 Å². The van der Waals surface area contributed by atoms with Crippen LogP contribution in [0.25, 0.3) is 0 Å². The van der Waals surface area contributed by atoms with Gasteiger partial charge < -0.3 is 9.64 Å². The van der Waals surface area contributed by atoms with Crippen LogP contribution in [0.4, 0.5) is 0 Å². The number of nitrogens with two attached hydrogens (primary N) is 1. The van der Waals surface area contributed by atoms with Crippen molar-refractivity contribution in [1.29, 1.82) is 0 Å². The highest BCUT2D eigenvalue weighted by Gasteiger charge is 2.31. The predicted octanol–water partition coefficient (Wildman–Crippen LogP) is -0.839. The highest BCUT2D eigenvalue weighted by Crippen LogP contribution is 2.21. The molecule has 2 atom stereocenters. The molecule has 0 radical (unpaired) electrons. The Morgan fingerprint density at radius 1 is 1.33 bits per heavy atom. The van der Waals surface area contributed by atoms with E-state index >= 15 is 0 Å². The van der Waals surface area contributed by atoms with Gasteiger partial charge in [-0.25, -0.2) is 5.84 Å². The monoisotopic (exact) mass is 256 g/mol. The smallest absolute Gasteiger partial charge is 0.263 e. The van der Waals surface area contributed by atoms with Crippen molar-refractivity contribution in [3.05, 3.63) is 0 Å². The van der Waals surface area contributed by atoms with E-state index in [0.29, 0.717) is 0 Å². The standard InChI is InChI=1S/C12H24N4O2/c1-15-5-2-6-16(8-7-15)9-10-3-4-11(18-10)12(17)14-13/h10-11H,2-9,13H2,1H3,(H,14,17). The zero-order valence-electron chi connectivity index (χ0n) is 11.1. The van der Waals surface area contributed by atoms with Crippen LogP contribution in [0.1, 0.15) is 19.3 Å². The molecule has 0 saturated carbocycles. The first-order valence-electron chi connectivity index (χ1n) is 6.76. The van der Waals surface area contributed by atoms with Crippen LogP contribution < -0.4 is 11.3 Å². The zero-order chi connectivity index (χ0) is 13.0. The topological polar surface area (TPSA) is 70.8 Å². The summed E-state index contributed by atoms with van der Waals surface area (Å²) in [4.78, 5) is 16.2. The van der Waals surface area contributed by atoms with Crippen LogP contribution in [0.2, 0.25) is 0 Å². The number of hydrogen-bond donors (Lipinski definition) is 2. The van der Waals surface area contributed by atoms with Crippen molar-refractivity contribution in [2.45, 2.75) is 31.5 Å². The molecule has 2 saturated heterocycles. The molecule has 6 heteroatoms. The van der Waals surface area contributed by atoms with E-state index in [1.54, 1.807) is 0 Å². The molecule has 2 rings (SSSR count). The van der Waals surface area contributed by atoms with Gasteiger partial charge in [0.15, 0.2) is 0 Å². The van der Waals surface area contributed by atoms with Crippen LogP contribution in [-0.4, -0.2) is 67.7 Å². The van der Waals surface area contributed by atoms with E-state index in [1.807, 2.05) is 0 Å². The minimum absolute atomic E-state index is 0.177. The van der Waals surface area contributed by atoms with E-state index in [-0.39, 0.29) is 18.1 Å². The summed E-state index contributed by atoms with van der Waals surface area (Å²) < 4.78 is 5.74. The van der Waals surface area contributed by atoms with E-state index in [4.69, 9.17) is 10.6 Å². The fourth-order valence-corrected chi connectivity index (χ4v) is 2.70. The van der Waals surface area contributed by atoms with Crippen molar-refractivity contribution in [3.8, 4) is 0 Å². The highest BCUT2D eigenvalue weighted by molar-refractivity contribution is 5.80. The minimum atomic E-state index is -0.352. The largest absolute Gasteiger partial charge is 0.364 e. The number of nitrogens with zero attached hydrogens (tertiary/aromatic N) is 2. The van der Waals surface area contributed by atoms with Crippen molar-refractivity contribution < 1.29 is 9.53 Å². The molecule has 2 aliphatic rings. The molecule has 0 aromatic rings. The molecule has 1 amide bonds. The van der Waals surface area contributed by atoms with Gasteiger partial charge in [0.1, 0.15) is 6.10 Å². The fraction of sp³-hybridized carbons (Fsp3) is 0.917. The lowest BCUT2D eigenvalue weighted by atomic mass is 10.2. The molecule has 18 heavy (non-hydrogen) atoms. The van der Waals surface area contributed by atoms with Gasteiger partial charge in [0.2, 0.25) is 0 Å². The summed E-state index contributed by atoms with van der Waals surface area (Å²) in [5.74, 6) is 4.92. The van der Waals surface area contributed by atoms with Crippen molar-refractivity contribution in [3.63, 3.8) is 0 Å². The van der Waals surface area contributed by atoms with Gasteiger partial charge in [-0.1, -0.05) is 0 Å².